The summed E-state index contributed by atoms with van der Waals surface area (Å²) in [5, 5.41) is 15.1. The molecule has 12 heteroatoms. The van der Waals surface area contributed by atoms with Crippen molar-refractivity contribution < 1.29 is 23.8 Å². The summed E-state index contributed by atoms with van der Waals surface area (Å²) in [6.45, 7) is 6.77. The van der Waals surface area contributed by atoms with Gasteiger partial charge in [0.2, 0.25) is 5.91 Å². The van der Waals surface area contributed by atoms with Crippen LogP contribution in [0, 0.1) is 11.3 Å². The molecule has 0 unspecified atom stereocenters. The van der Waals surface area contributed by atoms with E-state index in [1.54, 1.807) is 26.8 Å². The molecule has 2 aliphatic rings. The molecule has 3 aromatic rings. The average Bonchev–Trinajstić information content (AvgIpc) is 3.34. The molecule has 3 heterocycles. The van der Waals surface area contributed by atoms with Crippen LogP contribution in [0.4, 0.5) is 11.5 Å². The van der Waals surface area contributed by atoms with Crippen LogP contribution in [0.3, 0.4) is 0 Å². The Morgan fingerprint density at radius 1 is 1.12 bits per heavy atom. The number of fused-ring (bicyclic) bond motifs is 1. The summed E-state index contributed by atoms with van der Waals surface area (Å²) < 4.78 is 17.6. The van der Waals surface area contributed by atoms with Crippen LogP contribution in [-0.4, -0.2) is 64.9 Å². The van der Waals surface area contributed by atoms with Gasteiger partial charge in [-0.05, 0) is 51.1 Å². The molecule has 5 rings (SSSR count). The number of nitriles is 1. The van der Waals surface area contributed by atoms with Crippen molar-refractivity contribution in [2.75, 3.05) is 37.3 Å². The first-order valence-electron chi connectivity index (χ1n) is 12.5. The predicted molar refractivity (Wildman–Crippen MR) is 146 cm³/mol. The molecule has 0 saturated heterocycles. The fraction of sp³-hybridized carbons (Fsp3) is 0.286. The lowest BCUT2D eigenvalue weighted by molar-refractivity contribution is -0.114. The van der Waals surface area contributed by atoms with Crippen LogP contribution in [0.1, 0.15) is 42.3 Å². The number of esters is 1. The molecule has 0 atom stereocenters. The lowest BCUT2D eigenvalue weighted by Gasteiger charge is -2.22. The second-order valence-electron chi connectivity index (χ2n) is 10.1. The fourth-order valence-electron chi connectivity index (χ4n) is 4.06. The minimum atomic E-state index is -0.761. The molecule has 40 heavy (non-hydrogen) atoms. The number of benzene rings is 2. The maximum Gasteiger partial charge on any atom is 0.342 e. The van der Waals surface area contributed by atoms with Gasteiger partial charge in [0.05, 0.1) is 24.7 Å². The number of hydrogen-bond donors (Lipinski definition) is 2. The monoisotopic (exact) mass is 541 g/mol. The van der Waals surface area contributed by atoms with E-state index in [-0.39, 0.29) is 52.7 Å². The van der Waals surface area contributed by atoms with Crippen LogP contribution in [0.15, 0.2) is 47.5 Å². The van der Waals surface area contributed by atoms with Gasteiger partial charge in [0.15, 0.2) is 5.82 Å². The number of nitrogens with zero attached hydrogens (tertiary/aromatic N) is 5. The van der Waals surface area contributed by atoms with Crippen LogP contribution < -0.4 is 20.1 Å². The molecule has 0 radical (unpaired) electrons. The first-order chi connectivity index (χ1) is 19.1. The van der Waals surface area contributed by atoms with E-state index in [1.165, 1.54) is 18.2 Å². The van der Waals surface area contributed by atoms with E-state index in [1.807, 2.05) is 31.3 Å². The molecule has 12 nitrogen and oxygen atoms in total. The molecule has 2 aromatic carbocycles. The summed E-state index contributed by atoms with van der Waals surface area (Å²) in [5.41, 5.74) is 0.612. The minimum Gasteiger partial charge on any atom is -0.456 e. The third kappa shape index (κ3) is 5.78. The van der Waals surface area contributed by atoms with Crippen molar-refractivity contribution in [3.05, 3.63) is 59.2 Å². The first kappa shape index (κ1) is 26.4. The molecule has 0 bridgehead atoms. The molecule has 2 N–H and O–H groups in total. The normalized spacial score (nSPS) is 14.3. The standard InChI is InChI=1S/C28H27N7O5/c1-28(2,3)40-26(37)19-9-8-16(14-29)12-20(19)39-25-22-23(31-15-21(36)32-22)33-27(34-25)38-18-7-5-6-17(13-18)24-30-10-11-35(24)4/h5-9,12-13H,10-11,15H2,1-4H3,(H,32,36)(H,31,33,34). The highest BCUT2D eigenvalue weighted by molar-refractivity contribution is 6.01. The summed E-state index contributed by atoms with van der Waals surface area (Å²) in [4.78, 5) is 40.5. The zero-order valence-corrected chi connectivity index (χ0v) is 22.4. The number of carbonyl (C=O) groups excluding carboxylic acids is 2. The lowest BCUT2D eigenvalue weighted by atomic mass is 10.1. The second kappa shape index (κ2) is 10.5. The van der Waals surface area contributed by atoms with Crippen molar-refractivity contribution in [3.63, 3.8) is 0 Å². The van der Waals surface area contributed by atoms with Crippen molar-refractivity contribution in [2.24, 2.45) is 4.99 Å². The Morgan fingerprint density at radius 2 is 1.95 bits per heavy atom. The molecule has 0 aliphatic carbocycles. The molecular weight excluding hydrogens is 514 g/mol. The Kier molecular flexibility index (Phi) is 6.96. The fourth-order valence-corrected chi connectivity index (χ4v) is 4.06. The number of rotatable bonds is 6. The highest BCUT2D eigenvalue weighted by Crippen LogP contribution is 2.38. The largest absolute Gasteiger partial charge is 0.456 e. The highest BCUT2D eigenvalue weighted by Gasteiger charge is 2.27. The van der Waals surface area contributed by atoms with Crippen molar-refractivity contribution in [1.29, 1.82) is 5.26 Å². The first-order valence-corrected chi connectivity index (χ1v) is 12.5. The van der Waals surface area contributed by atoms with Crippen LogP contribution in [0.5, 0.6) is 23.4 Å². The highest BCUT2D eigenvalue weighted by atomic mass is 16.6. The summed E-state index contributed by atoms with van der Waals surface area (Å²) in [7, 11) is 1.97. The molecule has 0 fully saturated rings. The van der Waals surface area contributed by atoms with Gasteiger partial charge in [-0.3, -0.25) is 9.79 Å². The van der Waals surface area contributed by atoms with Crippen LogP contribution in [-0.2, 0) is 9.53 Å². The number of likely N-dealkylation sites (N-methyl/N-ethyl adjacent to an activating group) is 1. The van der Waals surface area contributed by atoms with E-state index in [9.17, 15) is 14.9 Å². The van der Waals surface area contributed by atoms with Crippen molar-refractivity contribution in [2.45, 2.75) is 26.4 Å². The van der Waals surface area contributed by atoms with E-state index in [0.29, 0.717) is 5.75 Å². The van der Waals surface area contributed by atoms with Crippen LogP contribution in [0.2, 0.25) is 0 Å². The Labute approximate surface area is 230 Å². The SMILES string of the molecule is CN1CCN=C1c1cccc(Oc2nc3c(c(Oc4cc(C#N)ccc4C(=O)OC(C)(C)C)n2)NC(=O)CN3)c1. The van der Waals surface area contributed by atoms with Gasteiger partial charge in [0, 0.05) is 19.2 Å². The van der Waals surface area contributed by atoms with Gasteiger partial charge < -0.3 is 29.7 Å². The smallest absolute Gasteiger partial charge is 0.342 e. The predicted octanol–water partition coefficient (Wildman–Crippen LogP) is 3.94. The summed E-state index contributed by atoms with van der Waals surface area (Å²) in [6.07, 6.45) is 0. The lowest BCUT2D eigenvalue weighted by Crippen LogP contribution is -2.29. The number of amidine groups is 1. The number of carbonyl (C=O) groups is 2. The number of nitrogens with one attached hydrogen (secondary N) is 2. The molecule has 0 saturated carbocycles. The van der Waals surface area contributed by atoms with Gasteiger partial charge in [-0.2, -0.15) is 15.2 Å². The van der Waals surface area contributed by atoms with E-state index in [0.717, 1.165) is 24.5 Å². The number of ether oxygens (including phenoxy) is 3. The van der Waals surface area contributed by atoms with E-state index < -0.39 is 11.6 Å². The van der Waals surface area contributed by atoms with Gasteiger partial charge in [-0.25, -0.2) is 4.79 Å². The third-order valence-electron chi connectivity index (χ3n) is 5.83. The van der Waals surface area contributed by atoms with Gasteiger partial charge in [-0.15, -0.1) is 0 Å². The van der Waals surface area contributed by atoms with Gasteiger partial charge in [-0.1, -0.05) is 12.1 Å². The van der Waals surface area contributed by atoms with Gasteiger partial charge >= 0.3 is 12.0 Å². The summed E-state index contributed by atoms with van der Waals surface area (Å²) in [5.74, 6) is 0.545. The van der Waals surface area contributed by atoms with E-state index >= 15 is 0 Å². The van der Waals surface area contributed by atoms with Crippen molar-refractivity contribution in [3.8, 4) is 29.5 Å². The molecule has 0 spiro atoms. The summed E-state index contributed by atoms with van der Waals surface area (Å²) in [6, 6.07) is 13.7. The number of anilines is 2. The van der Waals surface area contributed by atoms with Crippen molar-refractivity contribution in [1.82, 2.24) is 14.9 Å². The summed E-state index contributed by atoms with van der Waals surface area (Å²) >= 11 is 0. The van der Waals surface area contributed by atoms with Crippen LogP contribution >= 0.6 is 0 Å². The quantitative estimate of drug-likeness (QED) is 0.439. The average molecular weight is 542 g/mol. The van der Waals surface area contributed by atoms with Crippen LogP contribution in [0.25, 0.3) is 0 Å². The maximum atomic E-state index is 12.9. The number of hydrogen-bond acceptors (Lipinski definition) is 11. The molecule has 1 amide bonds. The topological polar surface area (TPSA) is 151 Å². The number of aliphatic imine (C=N–C) groups is 1. The zero-order chi connectivity index (χ0) is 28.4. The van der Waals surface area contributed by atoms with E-state index in [2.05, 4.69) is 30.5 Å². The Bertz CT molecular complexity index is 1570. The van der Waals surface area contributed by atoms with Crippen molar-refractivity contribution >= 4 is 29.2 Å². The molecular formula is C28H27N7O5. The molecule has 2 aliphatic heterocycles. The number of aromatic nitrogens is 2. The Hall–Kier alpha value is -5.18. The molecule has 1 aromatic heterocycles. The van der Waals surface area contributed by atoms with Gasteiger partial charge in [0.1, 0.15) is 34.2 Å². The van der Waals surface area contributed by atoms with Gasteiger partial charge in [0.25, 0.3) is 5.88 Å². The second-order valence-corrected chi connectivity index (χ2v) is 10.1. The molecule has 204 valence electrons. The third-order valence-corrected chi connectivity index (χ3v) is 5.83. The maximum absolute atomic E-state index is 12.9. The zero-order valence-electron chi connectivity index (χ0n) is 22.4. The Morgan fingerprint density at radius 3 is 2.67 bits per heavy atom. The minimum absolute atomic E-state index is 0.0163. The number of amides is 1. The Balaban J connectivity index is 1.52. The van der Waals surface area contributed by atoms with E-state index in [4.69, 9.17) is 14.2 Å².